The van der Waals surface area contributed by atoms with Crippen molar-refractivity contribution in [3.63, 3.8) is 0 Å². The second-order valence-corrected chi connectivity index (χ2v) is 9.12. The largest absolute Gasteiger partial charge is 1.00 e. The molecule has 1 aromatic carbocycles. The van der Waals surface area contributed by atoms with Crippen LogP contribution in [0.15, 0.2) is 24.3 Å². The van der Waals surface area contributed by atoms with Crippen LogP contribution in [0.5, 0.6) is 0 Å². The number of nitrogens with zero attached hydrogens (tertiary/aromatic N) is 2. The van der Waals surface area contributed by atoms with Gasteiger partial charge in [-0.2, -0.15) is 0 Å². The zero-order chi connectivity index (χ0) is 30.3. The van der Waals surface area contributed by atoms with Crippen LogP contribution in [0, 0.1) is 0 Å². The molecule has 13 nitrogen and oxygen atoms in total. The monoisotopic (exact) mass is 745 g/mol. The molecule has 228 valence electrons. The number of ether oxygens (including phenoxy) is 2. The first-order valence-corrected chi connectivity index (χ1v) is 13.7. The van der Waals surface area contributed by atoms with E-state index in [9.17, 15) is 28.8 Å². The SMILES string of the molecule is CNC(=O)CCNC(=O)Cc1ccc([N-]C(=O)CC(=O)[N-]CCOCCCOC(=O)NCCCCCC(C)=O)cc1.[Rb+].[Rb+]. The van der Waals surface area contributed by atoms with Gasteiger partial charge >= 0.3 is 122 Å². The van der Waals surface area contributed by atoms with Crippen LogP contribution in [0.3, 0.4) is 0 Å². The van der Waals surface area contributed by atoms with Crippen molar-refractivity contribution in [3.05, 3.63) is 40.5 Å². The minimum Gasteiger partial charge on any atom is -0.651 e. The predicted octanol–water partition coefficient (Wildman–Crippen LogP) is -3.41. The minimum absolute atomic E-state index is 0. The summed E-state index contributed by atoms with van der Waals surface area (Å²) < 4.78 is 10.4. The van der Waals surface area contributed by atoms with E-state index in [1.54, 1.807) is 31.2 Å². The van der Waals surface area contributed by atoms with Crippen molar-refractivity contribution in [2.45, 2.75) is 58.3 Å². The van der Waals surface area contributed by atoms with Gasteiger partial charge in [-0.1, -0.05) is 30.7 Å². The van der Waals surface area contributed by atoms with Gasteiger partial charge in [0.1, 0.15) is 5.78 Å². The molecular weight excluding hydrogens is 705 g/mol. The molecule has 0 spiro atoms. The van der Waals surface area contributed by atoms with Crippen molar-refractivity contribution in [2.24, 2.45) is 0 Å². The summed E-state index contributed by atoms with van der Waals surface area (Å²) >= 11 is 0. The maximum atomic E-state index is 12.0. The fourth-order valence-electron chi connectivity index (χ4n) is 3.33. The normalized spacial score (nSPS) is 9.81. The van der Waals surface area contributed by atoms with E-state index < -0.39 is 24.3 Å². The number of carbonyl (C=O) groups is 6. The second kappa shape index (κ2) is 29.0. The number of carbonyl (C=O) groups excluding carboxylic acids is 6. The Morgan fingerprint density at radius 1 is 0.767 bits per heavy atom. The first kappa shape index (κ1) is 44.7. The van der Waals surface area contributed by atoms with Crippen molar-refractivity contribution < 1.29 is 155 Å². The molecule has 0 atom stereocenters. The van der Waals surface area contributed by atoms with Gasteiger partial charge in [-0.15, -0.1) is 12.2 Å². The van der Waals surface area contributed by atoms with Gasteiger partial charge in [0.05, 0.1) is 24.8 Å². The minimum atomic E-state index is -0.633. The van der Waals surface area contributed by atoms with Crippen LogP contribution in [-0.4, -0.2) is 82.0 Å². The Balaban J connectivity index is 0. The zero-order valence-electron chi connectivity index (χ0n) is 25.9. The van der Waals surface area contributed by atoms with Crippen LogP contribution < -0.4 is 132 Å². The third-order valence-corrected chi connectivity index (χ3v) is 5.48. The molecule has 0 aliphatic heterocycles. The average molecular weight is 747 g/mol. The summed E-state index contributed by atoms with van der Waals surface area (Å²) in [5.41, 5.74) is 1.07. The molecule has 43 heavy (non-hydrogen) atoms. The number of nitrogens with one attached hydrogen (secondary N) is 3. The van der Waals surface area contributed by atoms with E-state index in [2.05, 4.69) is 26.6 Å². The summed E-state index contributed by atoms with van der Waals surface area (Å²) in [5.74, 6) is -1.46. The van der Waals surface area contributed by atoms with E-state index in [4.69, 9.17) is 9.47 Å². The van der Waals surface area contributed by atoms with Gasteiger partial charge in [0, 0.05) is 59.0 Å². The number of ketones is 1. The molecule has 1 aromatic rings. The van der Waals surface area contributed by atoms with Crippen LogP contribution in [0.4, 0.5) is 10.5 Å². The molecule has 0 unspecified atom stereocenters. The standard InChI is InChI=1S/C28H43N5O8.2Rb/c1-21(34)7-4-3-5-13-32-28(39)41-17-6-16-40-18-15-31-26(37)20-27(38)33-23-10-8-22(9-11-23)19-25(36)30-14-12-24(35)29-2;;/h8-11H,3-7,12-20H2,1-2H3,(H5,29,30,31,32,33,35,36,37,38,39);;/q;2*+1/p-2. The molecule has 15 heteroatoms. The molecule has 3 N–H and O–H groups in total. The summed E-state index contributed by atoms with van der Waals surface area (Å²) in [6, 6.07) is 6.47. The Bertz CT molecular complexity index is 996. The topological polar surface area (TPSA) is 185 Å². The fraction of sp³-hybridized carbons (Fsp3) is 0.571. The zero-order valence-corrected chi connectivity index (χ0v) is 35.7. The average Bonchev–Trinajstić information content (AvgIpc) is 2.92. The first-order chi connectivity index (χ1) is 19.7. The number of Topliss-reactive ketones (excluding diaryl/α,β-unsaturated/α-hetero) is 1. The maximum Gasteiger partial charge on any atom is 1.00 e. The number of hydrogen-bond donors (Lipinski definition) is 3. The summed E-state index contributed by atoms with van der Waals surface area (Å²) in [6.07, 6.45) is 2.87. The molecule has 0 aromatic heterocycles. The van der Waals surface area contributed by atoms with Gasteiger partial charge in [0.15, 0.2) is 0 Å². The molecule has 0 bridgehead atoms. The van der Waals surface area contributed by atoms with Crippen molar-refractivity contribution in [3.8, 4) is 0 Å². The Kier molecular flexibility index (Phi) is 30.2. The summed E-state index contributed by atoms with van der Waals surface area (Å²) in [5, 5.41) is 15.4. The molecule has 0 fully saturated rings. The molecule has 0 saturated heterocycles. The van der Waals surface area contributed by atoms with E-state index in [1.807, 2.05) is 0 Å². The Hall–Kier alpha value is -0.390. The molecule has 0 radical (unpaired) electrons. The predicted molar refractivity (Wildman–Crippen MR) is 152 cm³/mol. The van der Waals surface area contributed by atoms with Crippen LogP contribution in [0.25, 0.3) is 10.6 Å². The number of alkyl carbamates (subject to hydrolysis) is 1. The smallest absolute Gasteiger partial charge is 0.651 e. The van der Waals surface area contributed by atoms with Gasteiger partial charge in [0.25, 0.3) is 0 Å². The summed E-state index contributed by atoms with van der Waals surface area (Å²) in [6.45, 7) is 3.09. The van der Waals surface area contributed by atoms with Gasteiger partial charge in [-0.25, -0.2) is 4.79 Å². The molecule has 1 rings (SSSR count). The van der Waals surface area contributed by atoms with Gasteiger partial charge in [-0.3, -0.25) is 9.59 Å². The van der Waals surface area contributed by atoms with Crippen LogP contribution in [0.2, 0.25) is 0 Å². The number of unbranched alkanes of at least 4 members (excludes halogenated alkanes) is 2. The summed E-state index contributed by atoms with van der Waals surface area (Å²) in [4.78, 5) is 69.5. The van der Waals surface area contributed by atoms with E-state index in [0.29, 0.717) is 37.2 Å². The first-order valence-electron chi connectivity index (χ1n) is 13.7. The number of amides is 5. The fourth-order valence-corrected chi connectivity index (χ4v) is 3.33. The maximum absolute atomic E-state index is 12.0. The van der Waals surface area contributed by atoms with Crippen molar-refractivity contribution >= 4 is 41.2 Å². The van der Waals surface area contributed by atoms with Crippen LogP contribution in [0.1, 0.15) is 57.4 Å². The second-order valence-electron chi connectivity index (χ2n) is 9.12. The Morgan fingerprint density at radius 2 is 1.49 bits per heavy atom. The van der Waals surface area contributed by atoms with Crippen molar-refractivity contribution in [1.29, 1.82) is 0 Å². The third-order valence-electron chi connectivity index (χ3n) is 5.48. The van der Waals surface area contributed by atoms with Gasteiger partial charge in [-0.05, 0) is 25.3 Å². The third kappa shape index (κ3) is 26.5. The van der Waals surface area contributed by atoms with E-state index >= 15 is 0 Å². The molecule has 0 saturated carbocycles. The molecule has 5 amide bonds. The molecule has 0 heterocycles. The van der Waals surface area contributed by atoms with Crippen LogP contribution in [-0.2, 0) is 39.9 Å². The molecule has 0 aliphatic rings. The van der Waals surface area contributed by atoms with Crippen molar-refractivity contribution in [1.82, 2.24) is 16.0 Å². The quantitative estimate of drug-likeness (QED) is 0.0859. The number of rotatable bonds is 21. The van der Waals surface area contributed by atoms with E-state index in [1.165, 1.54) is 7.05 Å². The molecular formula is C28H41N5O8Rb2. The molecule has 0 aliphatic carbocycles. The summed E-state index contributed by atoms with van der Waals surface area (Å²) in [7, 11) is 1.53. The number of benzene rings is 1. The van der Waals surface area contributed by atoms with Gasteiger partial charge in [0.2, 0.25) is 11.8 Å². The van der Waals surface area contributed by atoms with E-state index in [-0.39, 0.29) is 173 Å². The van der Waals surface area contributed by atoms with Crippen LogP contribution >= 0.6 is 0 Å². The Labute approximate surface area is 351 Å². The van der Waals surface area contributed by atoms with Gasteiger partial charge < -0.3 is 50.4 Å². The Morgan fingerprint density at radius 3 is 2.16 bits per heavy atom. The van der Waals surface area contributed by atoms with Crippen molar-refractivity contribution in [2.75, 3.05) is 46.5 Å². The van der Waals surface area contributed by atoms with E-state index in [0.717, 1.165) is 19.3 Å². The number of hydrogen-bond acceptors (Lipinski definition) is 8.